The Bertz CT molecular complexity index is 178. The summed E-state index contributed by atoms with van der Waals surface area (Å²) in [6.45, 7) is 4.42. The van der Waals surface area contributed by atoms with Crippen LogP contribution in [-0.4, -0.2) is 5.78 Å². The molecule has 0 N–H and O–H groups in total. The monoisotopic (exact) mass is 210 g/mol. The third kappa shape index (κ3) is 4.36. The smallest absolute Gasteiger partial charge is 0.135 e. The molecule has 1 heteroatoms. The molecule has 0 heterocycles. The number of ketones is 1. The van der Waals surface area contributed by atoms with Gasteiger partial charge in [0.2, 0.25) is 0 Å². The minimum absolute atomic E-state index is 0.421. The van der Waals surface area contributed by atoms with Crippen LogP contribution < -0.4 is 0 Å². The molecule has 15 heavy (non-hydrogen) atoms. The highest BCUT2D eigenvalue weighted by atomic mass is 16.1. The third-order valence-electron chi connectivity index (χ3n) is 3.78. The number of hydrogen-bond donors (Lipinski definition) is 0. The van der Waals surface area contributed by atoms with E-state index in [1.807, 2.05) is 0 Å². The van der Waals surface area contributed by atoms with Gasteiger partial charge in [-0.3, -0.25) is 4.79 Å². The van der Waals surface area contributed by atoms with Crippen molar-refractivity contribution in [1.29, 1.82) is 0 Å². The summed E-state index contributed by atoms with van der Waals surface area (Å²) in [5, 5.41) is 0. The fourth-order valence-corrected chi connectivity index (χ4v) is 2.74. The van der Waals surface area contributed by atoms with Crippen molar-refractivity contribution in [2.45, 2.75) is 71.6 Å². The normalized spacial score (nSPS) is 26.5. The van der Waals surface area contributed by atoms with Crippen molar-refractivity contribution in [3.05, 3.63) is 0 Å². The van der Waals surface area contributed by atoms with Gasteiger partial charge in [-0.1, -0.05) is 33.1 Å². The number of rotatable bonds is 6. The van der Waals surface area contributed by atoms with Crippen LogP contribution in [0.1, 0.15) is 71.6 Å². The molecule has 0 atom stereocenters. The van der Waals surface area contributed by atoms with Gasteiger partial charge in [-0.05, 0) is 38.0 Å². The molecule has 0 amide bonds. The average molecular weight is 210 g/mol. The maximum Gasteiger partial charge on any atom is 0.135 e. The molecular weight excluding hydrogens is 184 g/mol. The molecule has 1 fully saturated rings. The maximum atomic E-state index is 11.8. The molecule has 1 aliphatic carbocycles. The standard InChI is InChI=1S/C14H26O/c1-3-5-7-14(15)13-10-8-12(6-4-2)9-11-13/h12-13H,3-11H2,1-2H3. The van der Waals surface area contributed by atoms with E-state index in [0.29, 0.717) is 11.7 Å². The van der Waals surface area contributed by atoms with Gasteiger partial charge in [0.15, 0.2) is 0 Å². The summed E-state index contributed by atoms with van der Waals surface area (Å²) in [6, 6.07) is 0. The first-order chi connectivity index (χ1) is 7.27. The lowest BCUT2D eigenvalue weighted by atomic mass is 9.77. The van der Waals surface area contributed by atoms with E-state index in [2.05, 4.69) is 13.8 Å². The number of Topliss-reactive ketones (excluding diaryl/α,β-unsaturated/α-hetero) is 1. The maximum absolute atomic E-state index is 11.8. The van der Waals surface area contributed by atoms with Crippen LogP contribution in [0.4, 0.5) is 0 Å². The summed E-state index contributed by atoms with van der Waals surface area (Å²) in [5.41, 5.74) is 0. The Labute approximate surface area is 94.6 Å². The Morgan fingerprint density at radius 1 is 1.07 bits per heavy atom. The molecule has 0 aliphatic heterocycles. The molecule has 0 spiro atoms. The average Bonchev–Trinajstić information content (AvgIpc) is 2.27. The Morgan fingerprint density at radius 2 is 1.73 bits per heavy atom. The lowest BCUT2D eigenvalue weighted by molar-refractivity contribution is -0.124. The minimum Gasteiger partial charge on any atom is -0.299 e. The molecule has 0 unspecified atom stereocenters. The lowest BCUT2D eigenvalue weighted by Crippen LogP contribution is -2.21. The highest BCUT2D eigenvalue weighted by molar-refractivity contribution is 5.80. The van der Waals surface area contributed by atoms with Crippen molar-refractivity contribution in [1.82, 2.24) is 0 Å². The van der Waals surface area contributed by atoms with Crippen LogP contribution in [0.3, 0.4) is 0 Å². The van der Waals surface area contributed by atoms with Gasteiger partial charge in [-0.2, -0.15) is 0 Å². The van der Waals surface area contributed by atoms with Crippen molar-refractivity contribution in [2.75, 3.05) is 0 Å². The number of unbranched alkanes of at least 4 members (excludes halogenated alkanes) is 1. The van der Waals surface area contributed by atoms with E-state index in [-0.39, 0.29) is 0 Å². The van der Waals surface area contributed by atoms with Gasteiger partial charge in [-0.15, -0.1) is 0 Å². The van der Waals surface area contributed by atoms with Gasteiger partial charge < -0.3 is 0 Å². The van der Waals surface area contributed by atoms with E-state index in [9.17, 15) is 4.79 Å². The third-order valence-corrected chi connectivity index (χ3v) is 3.78. The van der Waals surface area contributed by atoms with E-state index < -0.39 is 0 Å². The number of carbonyl (C=O) groups is 1. The van der Waals surface area contributed by atoms with E-state index in [4.69, 9.17) is 0 Å². The lowest BCUT2D eigenvalue weighted by Gasteiger charge is -2.27. The summed E-state index contributed by atoms with van der Waals surface area (Å²) < 4.78 is 0. The Balaban J connectivity index is 2.21. The molecular formula is C14H26O. The highest BCUT2D eigenvalue weighted by Crippen LogP contribution is 2.32. The molecule has 1 aliphatic rings. The second-order valence-corrected chi connectivity index (χ2v) is 5.08. The topological polar surface area (TPSA) is 17.1 Å². The molecule has 1 rings (SSSR count). The molecule has 0 bridgehead atoms. The fourth-order valence-electron chi connectivity index (χ4n) is 2.74. The summed E-state index contributed by atoms with van der Waals surface area (Å²) in [4.78, 5) is 11.8. The molecule has 1 nitrogen and oxygen atoms in total. The van der Waals surface area contributed by atoms with Crippen molar-refractivity contribution in [3.63, 3.8) is 0 Å². The SMILES string of the molecule is CCCCC(=O)C1CCC(CCC)CC1. The van der Waals surface area contributed by atoms with E-state index in [1.165, 1.54) is 38.5 Å². The van der Waals surface area contributed by atoms with Gasteiger partial charge in [-0.25, -0.2) is 0 Å². The van der Waals surface area contributed by atoms with Gasteiger partial charge in [0.05, 0.1) is 0 Å². The molecule has 0 saturated heterocycles. The first-order valence-electron chi connectivity index (χ1n) is 6.80. The molecule has 0 aromatic carbocycles. The zero-order chi connectivity index (χ0) is 11.1. The van der Waals surface area contributed by atoms with E-state index in [0.717, 1.165) is 25.2 Å². The first kappa shape index (κ1) is 12.7. The summed E-state index contributed by atoms with van der Waals surface area (Å²) in [7, 11) is 0. The first-order valence-corrected chi connectivity index (χ1v) is 6.80. The van der Waals surface area contributed by atoms with Gasteiger partial charge in [0.1, 0.15) is 5.78 Å². The Hall–Kier alpha value is -0.330. The highest BCUT2D eigenvalue weighted by Gasteiger charge is 2.24. The number of hydrogen-bond acceptors (Lipinski definition) is 1. The van der Waals surface area contributed by atoms with Crippen LogP contribution in [0, 0.1) is 11.8 Å². The molecule has 0 aromatic rings. The summed E-state index contributed by atoms with van der Waals surface area (Å²) in [6.07, 6.45) is 10.7. The van der Waals surface area contributed by atoms with E-state index >= 15 is 0 Å². The summed E-state index contributed by atoms with van der Waals surface area (Å²) in [5.74, 6) is 1.89. The second-order valence-electron chi connectivity index (χ2n) is 5.08. The predicted molar refractivity (Wildman–Crippen MR) is 64.9 cm³/mol. The minimum atomic E-state index is 0.421. The van der Waals surface area contributed by atoms with Crippen LogP contribution in [-0.2, 0) is 4.79 Å². The van der Waals surface area contributed by atoms with Crippen LogP contribution in [0.25, 0.3) is 0 Å². The number of carbonyl (C=O) groups excluding carboxylic acids is 1. The quantitative estimate of drug-likeness (QED) is 0.637. The fraction of sp³-hybridized carbons (Fsp3) is 0.929. The molecule has 88 valence electrons. The summed E-state index contributed by atoms with van der Waals surface area (Å²) >= 11 is 0. The van der Waals surface area contributed by atoms with Crippen LogP contribution in [0.5, 0.6) is 0 Å². The second kappa shape index (κ2) is 7.03. The van der Waals surface area contributed by atoms with Crippen LogP contribution in [0.15, 0.2) is 0 Å². The van der Waals surface area contributed by atoms with Gasteiger partial charge >= 0.3 is 0 Å². The molecule has 0 aromatic heterocycles. The zero-order valence-corrected chi connectivity index (χ0v) is 10.4. The van der Waals surface area contributed by atoms with Crippen molar-refractivity contribution in [3.8, 4) is 0 Å². The van der Waals surface area contributed by atoms with Gasteiger partial charge in [0.25, 0.3) is 0 Å². The van der Waals surface area contributed by atoms with Crippen LogP contribution >= 0.6 is 0 Å². The zero-order valence-electron chi connectivity index (χ0n) is 10.4. The Kier molecular flexibility index (Phi) is 5.97. The van der Waals surface area contributed by atoms with Gasteiger partial charge in [0, 0.05) is 12.3 Å². The predicted octanol–water partition coefficient (Wildman–Crippen LogP) is 4.35. The van der Waals surface area contributed by atoms with Crippen molar-refractivity contribution >= 4 is 5.78 Å². The van der Waals surface area contributed by atoms with Crippen molar-refractivity contribution < 1.29 is 4.79 Å². The molecule has 1 saturated carbocycles. The van der Waals surface area contributed by atoms with E-state index in [1.54, 1.807) is 0 Å². The largest absolute Gasteiger partial charge is 0.299 e. The Morgan fingerprint density at radius 3 is 2.27 bits per heavy atom. The molecule has 0 radical (unpaired) electrons. The van der Waals surface area contributed by atoms with Crippen LogP contribution in [0.2, 0.25) is 0 Å². The van der Waals surface area contributed by atoms with Crippen molar-refractivity contribution in [2.24, 2.45) is 11.8 Å².